The lowest BCUT2D eigenvalue weighted by atomic mass is 9.70. The van der Waals surface area contributed by atoms with E-state index in [1.54, 1.807) is 0 Å². The molecule has 0 aromatic heterocycles. The van der Waals surface area contributed by atoms with Gasteiger partial charge in [-0.2, -0.15) is 0 Å². The first-order chi connectivity index (χ1) is 7.36. The largest absolute Gasteiger partial charge is 0.294 e. The maximum absolute atomic E-state index is 12.2. The average molecular weight is 198 g/mol. The van der Waals surface area contributed by atoms with Crippen LogP contribution in [-0.2, 0) is 6.42 Å². The maximum atomic E-state index is 12.2. The Morgan fingerprint density at radius 2 is 1.87 bits per heavy atom. The van der Waals surface area contributed by atoms with Gasteiger partial charge in [0.05, 0.1) is 0 Å². The van der Waals surface area contributed by atoms with Crippen molar-refractivity contribution in [2.75, 3.05) is 0 Å². The smallest absolute Gasteiger partial charge is 0.166 e. The molecule has 0 amide bonds. The van der Waals surface area contributed by atoms with Crippen LogP contribution >= 0.6 is 0 Å². The molecule has 0 saturated carbocycles. The summed E-state index contributed by atoms with van der Waals surface area (Å²) in [6.07, 6.45) is 7.48. The summed E-state index contributed by atoms with van der Waals surface area (Å²) in [5, 5.41) is 0. The lowest BCUT2D eigenvalue weighted by molar-refractivity contribution is 0.0848. The van der Waals surface area contributed by atoms with Crippen LogP contribution in [0.4, 0.5) is 0 Å². The lowest BCUT2D eigenvalue weighted by Gasteiger charge is -2.32. The van der Waals surface area contributed by atoms with E-state index in [0.717, 1.165) is 24.8 Å². The van der Waals surface area contributed by atoms with Gasteiger partial charge in [0, 0.05) is 11.5 Å². The summed E-state index contributed by atoms with van der Waals surface area (Å²) in [4.78, 5) is 12.2. The molecule has 2 atom stereocenters. The number of hydrogen-bond acceptors (Lipinski definition) is 1. The highest BCUT2D eigenvalue weighted by atomic mass is 16.1. The second kappa shape index (κ2) is 3.34. The van der Waals surface area contributed by atoms with Crippen molar-refractivity contribution in [2.45, 2.75) is 19.3 Å². The molecule has 0 bridgehead atoms. The van der Waals surface area contributed by atoms with Crippen molar-refractivity contribution in [3.8, 4) is 0 Å². The molecule has 0 heterocycles. The number of carbonyl (C=O) groups excluding carboxylic acids is 1. The van der Waals surface area contributed by atoms with Crippen molar-refractivity contribution < 1.29 is 4.79 Å². The first-order valence-electron chi connectivity index (χ1n) is 5.63. The molecular weight excluding hydrogens is 184 g/mol. The molecule has 2 aliphatic carbocycles. The molecule has 15 heavy (non-hydrogen) atoms. The van der Waals surface area contributed by atoms with E-state index in [1.165, 1.54) is 5.56 Å². The Balaban J connectivity index is 2.05. The third-order valence-electron chi connectivity index (χ3n) is 3.67. The van der Waals surface area contributed by atoms with Gasteiger partial charge in [-0.1, -0.05) is 36.4 Å². The molecule has 3 rings (SSSR count). The van der Waals surface area contributed by atoms with Crippen LogP contribution in [0.1, 0.15) is 28.8 Å². The zero-order valence-corrected chi connectivity index (χ0v) is 8.65. The Morgan fingerprint density at radius 1 is 1.07 bits per heavy atom. The molecule has 2 aliphatic rings. The van der Waals surface area contributed by atoms with Crippen molar-refractivity contribution in [3.05, 3.63) is 47.5 Å². The van der Waals surface area contributed by atoms with Gasteiger partial charge in [-0.25, -0.2) is 0 Å². The molecule has 1 aromatic rings. The summed E-state index contributed by atoms with van der Waals surface area (Å²) in [7, 11) is 0. The summed E-state index contributed by atoms with van der Waals surface area (Å²) in [6, 6.07) is 8.08. The molecule has 1 aromatic carbocycles. The summed E-state index contributed by atoms with van der Waals surface area (Å²) >= 11 is 0. The Kier molecular flexibility index (Phi) is 1.98. The Morgan fingerprint density at radius 3 is 2.80 bits per heavy atom. The molecule has 0 N–H and O–H groups in total. The van der Waals surface area contributed by atoms with E-state index in [0.29, 0.717) is 11.7 Å². The van der Waals surface area contributed by atoms with Gasteiger partial charge in [0.2, 0.25) is 0 Å². The van der Waals surface area contributed by atoms with Crippen LogP contribution in [0.3, 0.4) is 0 Å². The normalized spacial score (nSPS) is 28.4. The van der Waals surface area contributed by atoms with Crippen LogP contribution in [-0.4, -0.2) is 5.78 Å². The Labute approximate surface area is 89.8 Å². The fourth-order valence-electron chi connectivity index (χ4n) is 2.84. The minimum absolute atomic E-state index is 0.255. The first kappa shape index (κ1) is 8.90. The number of hydrogen-bond donors (Lipinski definition) is 0. The molecule has 0 fully saturated rings. The third kappa shape index (κ3) is 1.34. The second-order valence-corrected chi connectivity index (χ2v) is 4.53. The van der Waals surface area contributed by atoms with E-state index >= 15 is 0 Å². The van der Waals surface area contributed by atoms with Crippen LogP contribution < -0.4 is 0 Å². The number of Topliss-reactive ketones (excluding diaryl/α,β-unsaturated/α-hetero) is 1. The van der Waals surface area contributed by atoms with Gasteiger partial charge in [-0.05, 0) is 30.7 Å². The molecular formula is C14H14O. The SMILES string of the molecule is O=C1c2ccccc2CC2CC=CCC12. The van der Waals surface area contributed by atoms with Crippen molar-refractivity contribution in [1.82, 2.24) is 0 Å². The highest BCUT2D eigenvalue weighted by Gasteiger charge is 2.34. The van der Waals surface area contributed by atoms with Crippen molar-refractivity contribution >= 4 is 5.78 Å². The molecule has 0 saturated heterocycles. The molecule has 1 nitrogen and oxygen atoms in total. The van der Waals surface area contributed by atoms with Crippen LogP contribution in [0.25, 0.3) is 0 Å². The van der Waals surface area contributed by atoms with E-state index in [9.17, 15) is 4.79 Å². The lowest BCUT2D eigenvalue weighted by Crippen LogP contribution is -2.32. The van der Waals surface area contributed by atoms with E-state index in [-0.39, 0.29) is 5.92 Å². The Hall–Kier alpha value is -1.37. The van der Waals surface area contributed by atoms with E-state index in [2.05, 4.69) is 18.2 Å². The van der Waals surface area contributed by atoms with Crippen LogP contribution in [0.2, 0.25) is 0 Å². The number of allylic oxidation sites excluding steroid dienone is 2. The van der Waals surface area contributed by atoms with Gasteiger partial charge < -0.3 is 0 Å². The van der Waals surface area contributed by atoms with Gasteiger partial charge in [-0.3, -0.25) is 4.79 Å². The number of carbonyl (C=O) groups is 1. The number of ketones is 1. The third-order valence-corrected chi connectivity index (χ3v) is 3.67. The highest BCUT2D eigenvalue weighted by Crippen LogP contribution is 2.36. The van der Waals surface area contributed by atoms with E-state index in [4.69, 9.17) is 0 Å². The topological polar surface area (TPSA) is 17.1 Å². The van der Waals surface area contributed by atoms with Crippen LogP contribution in [0.5, 0.6) is 0 Å². The minimum atomic E-state index is 0.255. The molecule has 1 heteroatoms. The summed E-state index contributed by atoms with van der Waals surface area (Å²) < 4.78 is 0. The standard InChI is InChI=1S/C14H14O/c15-14-12-7-3-1-5-10(12)9-11-6-2-4-8-13(11)14/h1-5,7,11,13H,6,8-9H2. The summed E-state index contributed by atoms with van der Waals surface area (Å²) in [5.41, 5.74) is 2.22. The summed E-state index contributed by atoms with van der Waals surface area (Å²) in [5.74, 6) is 1.17. The van der Waals surface area contributed by atoms with E-state index < -0.39 is 0 Å². The van der Waals surface area contributed by atoms with Gasteiger partial charge in [0.15, 0.2) is 5.78 Å². The molecule has 0 aliphatic heterocycles. The van der Waals surface area contributed by atoms with Crippen molar-refractivity contribution in [2.24, 2.45) is 11.8 Å². The number of benzene rings is 1. The molecule has 76 valence electrons. The molecule has 0 radical (unpaired) electrons. The minimum Gasteiger partial charge on any atom is -0.294 e. The molecule has 2 unspecified atom stereocenters. The zero-order valence-electron chi connectivity index (χ0n) is 8.65. The molecule has 0 spiro atoms. The Bertz CT molecular complexity index is 431. The highest BCUT2D eigenvalue weighted by molar-refractivity contribution is 6.00. The predicted octanol–water partition coefficient (Wildman–Crippen LogP) is 3.01. The van der Waals surface area contributed by atoms with Gasteiger partial charge in [0.25, 0.3) is 0 Å². The monoisotopic (exact) mass is 198 g/mol. The average Bonchev–Trinajstić information content (AvgIpc) is 2.30. The van der Waals surface area contributed by atoms with E-state index in [1.807, 2.05) is 18.2 Å². The maximum Gasteiger partial charge on any atom is 0.166 e. The van der Waals surface area contributed by atoms with Gasteiger partial charge >= 0.3 is 0 Å². The first-order valence-corrected chi connectivity index (χ1v) is 5.63. The van der Waals surface area contributed by atoms with Crippen LogP contribution in [0.15, 0.2) is 36.4 Å². The fourth-order valence-corrected chi connectivity index (χ4v) is 2.84. The van der Waals surface area contributed by atoms with Crippen molar-refractivity contribution in [3.63, 3.8) is 0 Å². The predicted molar refractivity (Wildman–Crippen MR) is 59.8 cm³/mol. The fraction of sp³-hybridized carbons (Fsp3) is 0.357. The second-order valence-electron chi connectivity index (χ2n) is 4.53. The van der Waals surface area contributed by atoms with Crippen LogP contribution in [0, 0.1) is 11.8 Å². The number of rotatable bonds is 0. The zero-order chi connectivity index (χ0) is 10.3. The number of fused-ring (bicyclic) bond motifs is 2. The van der Waals surface area contributed by atoms with Gasteiger partial charge in [-0.15, -0.1) is 0 Å². The summed E-state index contributed by atoms with van der Waals surface area (Å²) in [6.45, 7) is 0. The van der Waals surface area contributed by atoms with Crippen molar-refractivity contribution in [1.29, 1.82) is 0 Å². The van der Waals surface area contributed by atoms with Gasteiger partial charge in [0.1, 0.15) is 0 Å². The quantitative estimate of drug-likeness (QED) is 0.586.